The summed E-state index contributed by atoms with van der Waals surface area (Å²) in [7, 11) is 0. The highest BCUT2D eigenvalue weighted by molar-refractivity contribution is 9.10. The Morgan fingerprint density at radius 1 is 1.44 bits per heavy atom. The van der Waals surface area contributed by atoms with Gasteiger partial charge in [0.15, 0.2) is 0 Å². The molecule has 0 spiro atoms. The highest BCUT2D eigenvalue weighted by atomic mass is 79.9. The van der Waals surface area contributed by atoms with Gasteiger partial charge in [0.1, 0.15) is 6.61 Å². The number of esters is 1. The van der Waals surface area contributed by atoms with Crippen LogP contribution in [0.1, 0.15) is 20.8 Å². The summed E-state index contributed by atoms with van der Waals surface area (Å²) >= 11 is 4.89. The smallest absolute Gasteiger partial charge is 0.340 e. The number of nitrogens with two attached hydrogens (primary N) is 1. The number of benzene rings is 1. The lowest BCUT2D eigenvalue weighted by atomic mass is 10.1. The number of ether oxygens (including phenoxy) is 1. The Morgan fingerprint density at radius 2 is 2.22 bits per heavy atom. The Kier molecular flexibility index (Phi) is 4.04. The largest absolute Gasteiger partial charge is 0.456 e. The van der Waals surface area contributed by atoms with Crippen molar-refractivity contribution in [1.82, 2.24) is 0 Å². The summed E-state index contributed by atoms with van der Waals surface area (Å²) < 4.78 is 6.23. The molecule has 2 rings (SSSR count). The summed E-state index contributed by atoms with van der Waals surface area (Å²) in [4.78, 5) is 12.9. The minimum atomic E-state index is -0.388. The molecule has 0 aliphatic rings. The Balaban J connectivity index is 2.05. The maximum Gasteiger partial charge on any atom is 0.340 e. The molecule has 0 saturated carbocycles. The van der Waals surface area contributed by atoms with Crippen LogP contribution in [0.5, 0.6) is 0 Å². The molecule has 18 heavy (non-hydrogen) atoms. The predicted octanol–water partition coefficient (Wildman–Crippen LogP) is 3.76. The molecule has 0 amide bonds. The molecule has 0 radical (unpaired) electrons. The van der Waals surface area contributed by atoms with E-state index in [1.54, 1.807) is 12.1 Å². The fourth-order valence-corrected chi connectivity index (χ4v) is 2.85. The van der Waals surface area contributed by atoms with Gasteiger partial charge in [0.25, 0.3) is 0 Å². The molecule has 0 aliphatic heterocycles. The van der Waals surface area contributed by atoms with E-state index in [9.17, 15) is 4.79 Å². The van der Waals surface area contributed by atoms with Crippen molar-refractivity contribution in [1.29, 1.82) is 0 Å². The van der Waals surface area contributed by atoms with E-state index in [4.69, 9.17) is 10.5 Å². The van der Waals surface area contributed by atoms with E-state index in [1.165, 1.54) is 11.3 Å². The summed E-state index contributed by atoms with van der Waals surface area (Å²) in [6.07, 6.45) is 0. The molecule has 0 unspecified atom stereocenters. The molecule has 2 aromatic rings. The second-order valence-corrected chi connectivity index (χ2v) is 5.81. The molecule has 1 aromatic carbocycles. The number of carbonyl (C=O) groups excluding carboxylic acids is 1. The molecule has 1 heterocycles. The fraction of sp³-hybridized carbons (Fsp3) is 0.154. The molecule has 0 atom stereocenters. The first-order valence-corrected chi connectivity index (χ1v) is 6.99. The van der Waals surface area contributed by atoms with Gasteiger partial charge in [-0.05, 0) is 41.1 Å². The summed E-state index contributed by atoms with van der Waals surface area (Å²) in [6, 6.07) is 7.25. The van der Waals surface area contributed by atoms with Crippen molar-refractivity contribution >= 4 is 38.9 Å². The van der Waals surface area contributed by atoms with E-state index >= 15 is 0 Å². The van der Waals surface area contributed by atoms with Crippen LogP contribution < -0.4 is 5.73 Å². The van der Waals surface area contributed by atoms with Crippen LogP contribution in [-0.4, -0.2) is 5.97 Å². The van der Waals surface area contributed by atoms with E-state index in [2.05, 4.69) is 15.9 Å². The number of nitrogen functional groups attached to an aromatic ring is 1. The molecule has 1 aromatic heterocycles. The van der Waals surface area contributed by atoms with Gasteiger partial charge in [0.2, 0.25) is 0 Å². The number of anilines is 1. The number of rotatable bonds is 3. The lowest BCUT2D eigenvalue weighted by molar-refractivity contribution is 0.0478. The molecule has 0 fully saturated rings. The van der Waals surface area contributed by atoms with Crippen molar-refractivity contribution in [2.24, 2.45) is 0 Å². The third-order valence-corrected chi connectivity index (χ3v) is 4.07. The standard InChI is InChI=1S/C13H12BrNO2S/c1-8-2-3-12(15)11(4-8)13(16)17-6-10-5-9(14)7-18-10/h2-5,7H,6,15H2,1H3. The lowest BCUT2D eigenvalue weighted by Gasteiger charge is -2.06. The fourth-order valence-electron chi connectivity index (χ4n) is 1.49. The molecule has 0 aliphatic carbocycles. The minimum Gasteiger partial charge on any atom is -0.456 e. The molecular weight excluding hydrogens is 314 g/mol. The first-order valence-electron chi connectivity index (χ1n) is 5.32. The third-order valence-electron chi connectivity index (χ3n) is 2.40. The van der Waals surface area contributed by atoms with Gasteiger partial charge in [0.05, 0.1) is 5.56 Å². The van der Waals surface area contributed by atoms with E-state index in [0.29, 0.717) is 11.3 Å². The average Bonchev–Trinajstić information content (AvgIpc) is 2.75. The van der Waals surface area contributed by atoms with Crippen molar-refractivity contribution in [3.63, 3.8) is 0 Å². The minimum absolute atomic E-state index is 0.266. The highest BCUT2D eigenvalue weighted by Gasteiger charge is 2.12. The van der Waals surface area contributed by atoms with Crippen molar-refractivity contribution < 1.29 is 9.53 Å². The summed E-state index contributed by atoms with van der Waals surface area (Å²) in [5.41, 5.74) is 7.60. The number of carbonyl (C=O) groups is 1. The lowest BCUT2D eigenvalue weighted by Crippen LogP contribution is -2.08. The van der Waals surface area contributed by atoms with E-state index in [0.717, 1.165) is 14.9 Å². The normalized spacial score (nSPS) is 10.3. The SMILES string of the molecule is Cc1ccc(N)c(C(=O)OCc2cc(Br)cs2)c1. The molecular formula is C13H12BrNO2S. The van der Waals surface area contributed by atoms with Crippen LogP contribution in [0.2, 0.25) is 0 Å². The van der Waals surface area contributed by atoms with Gasteiger partial charge in [0, 0.05) is 20.4 Å². The Bertz CT molecular complexity index is 580. The Hall–Kier alpha value is -1.33. The zero-order valence-electron chi connectivity index (χ0n) is 9.77. The van der Waals surface area contributed by atoms with Crippen LogP contribution in [0.15, 0.2) is 34.1 Å². The summed E-state index contributed by atoms with van der Waals surface area (Å²) in [5.74, 6) is -0.388. The number of aryl methyl sites for hydroxylation is 1. The first kappa shape index (κ1) is 13.1. The zero-order valence-corrected chi connectivity index (χ0v) is 12.2. The first-order chi connectivity index (χ1) is 8.56. The number of hydrogen-bond donors (Lipinski definition) is 1. The summed E-state index contributed by atoms with van der Waals surface area (Å²) in [6.45, 7) is 2.18. The third kappa shape index (κ3) is 3.11. The molecule has 2 N–H and O–H groups in total. The predicted molar refractivity (Wildman–Crippen MR) is 76.7 cm³/mol. The molecule has 3 nitrogen and oxygen atoms in total. The Morgan fingerprint density at radius 3 is 2.89 bits per heavy atom. The van der Waals surface area contributed by atoms with Crippen LogP contribution >= 0.6 is 27.3 Å². The van der Waals surface area contributed by atoms with Crippen LogP contribution in [0.3, 0.4) is 0 Å². The van der Waals surface area contributed by atoms with E-state index in [-0.39, 0.29) is 12.6 Å². The average molecular weight is 326 g/mol. The highest BCUT2D eigenvalue weighted by Crippen LogP contribution is 2.21. The van der Waals surface area contributed by atoms with Gasteiger partial charge in [-0.15, -0.1) is 11.3 Å². The van der Waals surface area contributed by atoms with E-state index in [1.807, 2.05) is 24.4 Å². The quantitative estimate of drug-likeness (QED) is 0.690. The van der Waals surface area contributed by atoms with Gasteiger partial charge < -0.3 is 10.5 Å². The van der Waals surface area contributed by atoms with Gasteiger partial charge in [-0.3, -0.25) is 0 Å². The van der Waals surface area contributed by atoms with Crippen LogP contribution in [0.4, 0.5) is 5.69 Å². The van der Waals surface area contributed by atoms with Gasteiger partial charge in [-0.2, -0.15) is 0 Å². The number of halogens is 1. The second kappa shape index (κ2) is 5.54. The van der Waals surface area contributed by atoms with E-state index < -0.39 is 0 Å². The number of hydrogen-bond acceptors (Lipinski definition) is 4. The van der Waals surface area contributed by atoms with Gasteiger partial charge >= 0.3 is 5.97 Å². The van der Waals surface area contributed by atoms with Crippen molar-refractivity contribution in [3.05, 3.63) is 50.1 Å². The van der Waals surface area contributed by atoms with Crippen LogP contribution in [-0.2, 0) is 11.3 Å². The second-order valence-electron chi connectivity index (χ2n) is 3.90. The monoisotopic (exact) mass is 325 g/mol. The van der Waals surface area contributed by atoms with Crippen molar-refractivity contribution in [2.75, 3.05) is 5.73 Å². The Labute approximate surface area is 118 Å². The van der Waals surface area contributed by atoms with Crippen molar-refractivity contribution in [3.8, 4) is 0 Å². The maximum absolute atomic E-state index is 11.9. The van der Waals surface area contributed by atoms with Crippen LogP contribution in [0.25, 0.3) is 0 Å². The molecule has 0 saturated heterocycles. The van der Waals surface area contributed by atoms with Gasteiger partial charge in [-0.1, -0.05) is 11.6 Å². The molecule has 5 heteroatoms. The molecule has 0 bridgehead atoms. The maximum atomic E-state index is 11.9. The summed E-state index contributed by atoms with van der Waals surface area (Å²) in [5, 5.41) is 1.95. The topological polar surface area (TPSA) is 52.3 Å². The number of thiophene rings is 1. The van der Waals surface area contributed by atoms with Crippen molar-refractivity contribution in [2.45, 2.75) is 13.5 Å². The van der Waals surface area contributed by atoms with Gasteiger partial charge in [-0.25, -0.2) is 4.79 Å². The zero-order chi connectivity index (χ0) is 13.1. The molecule has 94 valence electrons. The van der Waals surface area contributed by atoms with Crippen LogP contribution in [0, 0.1) is 6.92 Å².